The van der Waals surface area contributed by atoms with Crippen molar-refractivity contribution in [1.82, 2.24) is 0 Å². The quantitative estimate of drug-likeness (QED) is 0.206. The van der Waals surface area contributed by atoms with Gasteiger partial charge in [-0.3, -0.25) is 0 Å². The van der Waals surface area contributed by atoms with Gasteiger partial charge in [0.05, 0.1) is 5.56 Å². The summed E-state index contributed by atoms with van der Waals surface area (Å²) in [7, 11) is 0. The molecule has 1 aliphatic rings. The van der Waals surface area contributed by atoms with Gasteiger partial charge in [0.1, 0.15) is 5.83 Å². The number of rotatable bonds is 6. The van der Waals surface area contributed by atoms with Gasteiger partial charge < -0.3 is 0 Å². The van der Waals surface area contributed by atoms with E-state index in [2.05, 4.69) is 6.58 Å². The van der Waals surface area contributed by atoms with Crippen LogP contribution in [0, 0.1) is 6.92 Å². The number of alkyl halides is 3. The zero-order valence-electron chi connectivity index (χ0n) is 15.4. The van der Waals surface area contributed by atoms with Gasteiger partial charge in [-0.2, -0.15) is 13.2 Å². The molecule has 0 aromatic heterocycles. The van der Waals surface area contributed by atoms with Crippen LogP contribution in [0.4, 0.5) is 17.6 Å². The third kappa shape index (κ3) is 5.48. The Bertz CT molecular complexity index is 838. The number of allylic oxidation sites excluding steroid dienone is 7. The fourth-order valence-corrected chi connectivity index (χ4v) is 3.14. The Hall–Kier alpha value is -2.01. The Balaban J connectivity index is 2.35. The van der Waals surface area contributed by atoms with Crippen LogP contribution in [0.1, 0.15) is 49.3 Å². The fourth-order valence-electron chi connectivity index (χ4n) is 3.08. The number of thiocarbonyl (C=S) groups is 1. The molecule has 0 amide bonds. The van der Waals surface area contributed by atoms with Gasteiger partial charge in [0.2, 0.25) is 0 Å². The molecule has 1 aromatic carbocycles. The summed E-state index contributed by atoms with van der Waals surface area (Å²) in [6.07, 6.45) is 2.72. The molecule has 1 aromatic rings. The lowest BCUT2D eigenvalue weighted by molar-refractivity contribution is -0.137. The molecule has 144 valence electrons. The molecule has 0 saturated heterocycles. The molecule has 2 rings (SSSR count). The van der Waals surface area contributed by atoms with E-state index in [-0.39, 0.29) is 0 Å². The van der Waals surface area contributed by atoms with E-state index in [1.165, 1.54) is 24.3 Å². The molecule has 27 heavy (non-hydrogen) atoms. The molecule has 5 heteroatoms. The highest BCUT2D eigenvalue weighted by molar-refractivity contribution is 7.80. The van der Waals surface area contributed by atoms with E-state index in [0.717, 1.165) is 29.2 Å². The zero-order valence-corrected chi connectivity index (χ0v) is 16.2. The Labute approximate surface area is 163 Å². The molecule has 0 nitrogen and oxygen atoms in total. The molecule has 0 saturated carbocycles. The van der Waals surface area contributed by atoms with Gasteiger partial charge in [-0.1, -0.05) is 37.9 Å². The first kappa shape index (κ1) is 21.3. The van der Waals surface area contributed by atoms with E-state index in [4.69, 9.17) is 12.2 Å². The number of hydrogen-bond acceptors (Lipinski definition) is 1. The van der Waals surface area contributed by atoms with Crippen molar-refractivity contribution in [1.29, 1.82) is 0 Å². The Kier molecular flexibility index (Phi) is 6.93. The molecule has 1 aliphatic carbocycles. The summed E-state index contributed by atoms with van der Waals surface area (Å²) in [4.78, 5) is 0.596. The van der Waals surface area contributed by atoms with Crippen LogP contribution >= 0.6 is 12.2 Å². The summed E-state index contributed by atoms with van der Waals surface area (Å²) < 4.78 is 53.3. The van der Waals surface area contributed by atoms with Gasteiger partial charge in [-0.25, -0.2) is 4.39 Å². The number of aryl methyl sites for hydroxylation is 1. The van der Waals surface area contributed by atoms with Crippen molar-refractivity contribution in [3.63, 3.8) is 0 Å². The third-order valence-corrected chi connectivity index (χ3v) is 5.14. The minimum atomic E-state index is -4.38. The van der Waals surface area contributed by atoms with Crippen molar-refractivity contribution in [2.24, 2.45) is 0 Å². The topological polar surface area (TPSA) is 0 Å². The van der Waals surface area contributed by atoms with E-state index >= 15 is 0 Å². The van der Waals surface area contributed by atoms with Crippen LogP contribution < -0.4 is 0 Å². The minimum absolute atomic E-state index is 0.462. The van der Waals surface area contributed by atoms with E-state index in [1.54, 1.807) is 13.0 Å². The van der Waals surface area contributed by atoms with Crippen LogP contribution in [0.5, 0.6) is 0 Å². The second-order valence-corrected chi connectivity index (χ2v) is 7.04. The molecular weight excluding hydrogens is 372 g/mol. The normalized spacial score (nSPS) is 15.7. The maximum absolute atomic E-state index is 14.1. The first-order valence-electron chi connectivity index (χ1n) is 8.81. The highest BCUT2D eigenvalue weighted by atomic mass is 32.1. The molecule has 0 fully saturated rings. The van der Waals surface area contributed by atoms with Crippen molar-refractivity contribution >= 4 is 22.7 Å². The summed E-state index contributed by atoms with van der Waals surface area (Å²) in [5.74, 6) is -0.477. The van der Waals surface area contributed by atoms with E-state index in [0.29, 0.717) is 35.3 Å². The Morgan fingerprint density at radius 2 is 1.96 bits per heavy atom. The molecule has 0 N–H and O–H groups in total. The molecule has 0 spiro atoms. The summed E-state index contributed by atoms with van der Waals surface area (Å²) >= 11 is 5.09. The number of benzene rings is 1. The van der Waals surface area contributed by atoms with Crippen LogP contribution in [-0.2, 0) is 6.18 Å². The lowest BCUT2D eigenvalue weighted by atomic mass is 9.95. The molecule has 0 heterocycles. The van der Waals surface area contributed by atoms with Crippen LogP contribution in [0.25, 0.3) is 5.57 Å². The van der Waals surface area contributed by atoms with Crippen molar-refractivity contribution in [3.8, 4) is 0 Å². The van der Waals surface area contributed by atoms with Gasteiger partial charge in [0.25, 0.3) is 0 Å². The SMILES string of the molecule is C=C(/C=C(F)\C=C\C1=C(c2cc(C(F)(F)F)ccc2C)CCC1)C(=S)CC. The summed E-state index contributed by atoms with van der Waals surface area (Å²) in [5.41, 5.74) is 2.88. The average molecular weight is 394 g/mol. The second-order valence-electron chi connectivity index (χ2n) is 6.55. The van der Waals surface area contributed by atoms with Gasteiger partial charge in [0.15, 0.2) is 0 Å². The van der Waals surface area contributed by atoms with Gasteiger partial charge in [-0.05, 0) is 84.7 Å². The fraction of sp³-hybridized carbons (Fsp3) is 0.318. The van der Waals surface area contributed by atoms with Gasteiger partial charge in [0, 0.05) is 4.86 Å². The van der Waals surface area contributed by atoms with Crippen molar-refractivity contribution in [3.05, 3.63) is 76.7 Å². The first-order valence-corrected chi connectivity index (χ1v) is 9.22. The predicted molar refractivity (Wildman–Crippen MR) is 107 cm³/mol. The Morgan fingerprint density at radius 3 is 2.59 bits per heavy atom. The molecule has 0 unspecified atom stereocenters. The van der Waals surface area contributed by atoms with E-state index in [1.807, 2.05) is 6.92 Å². The predicted octanol–water partition coefficient (Wildman–Crippen LogP) is 7.70. The smallest absolute Gasteiger partial charge is 0.207 e. The van der Waals surface area contributed by atoms with Gasteiger partial charge >= 0.3 is 6.18 Å². The maximum atomic E-state index is 14.1. The largest absolute Gasteiger partial charge is 0.416 e. The molecular formula is C22H22F4S. The lowest BCUT2D eigenvalue weighted by Crippen LogP contribution is -2.06. The van der Waals surface area contributed by atoms with E-state index in [9.17, 15) is 17.6 Å². The third-order valence-electron chi connectivity index (χ3n) is 4.59. The molecule has 0 aliphatic heterocycles. The highest BCUT2D eigenvalue weighted by Crippen LogP contribution is 2.39. The molecule has 0 radical (unpaired) electrons. The standard InChI is InChI=1S/C22H22F4S/c1-4-21(27)15(3)12-18(23)11-9-16-6-5-7-19(16)20-13-17(22(24,25)26)10-8-14(20)2/h8-13H,3-7H2,1-2H3/b11-9+,18-12+. The van der Waals surface area contributed by atoms with Crippen LogP contribution in [-0.4, -0.2) is 4.86 Å². The maximum Gasteiger partial charge on any atom is 0.416 e. The summed E-state index contributed by atoms with van der Waals surface area (Å²) in [5, 5.41) is 0. The van der Waals surface area contributed by atoms with Crippen molar-refractivity contribution in [2.75, 3.05) is 0 Å². The zero-order chi connectivity index (χ0) is 20.2. The summed E-state index contributed by atoms with van der Waals surface area (Å²) in [6.45, 7) is 7.41. The number of halogens is 4. The average Bonchev–Trinajstić information content (AvgIpc) is 3.06. The Morgan fingerprint density at radius 1 is 1.26 bits per heavy atom. The first-order chi connectivity index (χ1) is 12.6. The summed E-state index contributed by atoms with van der Waals surface area (Å²) in [6, 6.07) is 3.77. The lowest BCUT2D eigenvalue weighted by Gasteiger charge is -2.13. The highest BCUT2D eigenvalue weighted by Gasteiger charge is 2.31. The van der Waals surface area contributed by atoms with E-state index < -0.39 is 17.6 Å². The van der Waals surface area contributed by atoms with Gasteiger partial charge in [-0.15, -0.1) is 0 Å². The monoisotopic (exact) mass is 394 g/mol. The van der Waals surface area contributed by atoms with Crippen molar-refractivity contribution in [2.45, 2.75) is 45.7 Å². The minimum Gasteiger partial charge on any atom is -0.207 e. The second kappa shape index (κ2) is 8.79. The molecule has 0 atom stereocenters. The van der Waals surface area contributed by atoms with Crippen molar-refractivity contribution < 1.29 is 17.6 Å². The number of hydrogen-bond donors (Lipinski definition) is 0. The van der Waals surface area contributed by atoms with Crippen LogP contribution in [0.3, 0.4) is 0 Å². The van der Waals surface area contributed by atoms with Crippen LogP contribution in [0.2, 0.25) is 0 Å². The van der Waals surface area contributed by atoms with Crippen LogP contribution in [0.15, 0.2) is 60.0 Å². The molecule has 0 bridgehead atoms.